The summed E-state index contributed by atoms with van der Waals surface area (Å²) in [6.45, 7) is -0.174. The van der Waals surface area contributed by atoms with Gasteiger partial charge in [-0.05, 0) is 25.0 Å². The van der Waals surface area contributed by atoms with Gasteiger partial charge in [0.15, 0.2) is 5.65 Å². The Morgan fingerprint density at radius 3 is 2.74 bits per heavy atom. The molecule has 1 atom stereocenters. The molecule has 1 fully saturated rings. The summed E-state index contributed by atoms with van der Waals surface area (Å²) in [6.07, 6.45) is -1.60. The molecule has 4 aromatic heterocycles. The van der Waals surface area contributed by atoms with Crippen LogP contribution in [0.25, 0.3) is 22.3 Å². The van der Waals surface area contributed by atoms with Gasteiger partial charge in [0.05, 0.1) is 16.6 Å². The van der Waals surface area contributed by atoms with E-state index in [1.54, 1.807) is 0 Å². The molecule has 2 N–H and O–H groups in total. The SMILES string of the molecule is Cn1nc(O[C@H](c2cc(OCC3(F)CC3)ccn2)C(F)F)c2cc(-c3c[nH]c(=O)[nH]c3=O)nnc21. The number of aromatic amines is 2. The maximum absolute atomic E-state index is 14.0. The molecule has 1 aliphatic rings. The van der Waals surface area contributed by atoms with Crippen LogP contribution in [0.2, 0.25) is 0 Å². The fraction of sp³-hybridized carbons (Fsp3) is 0.333. The number of alkyl halides is 3. The van der Waals surface area contributed by atoms with Crippen LogP contribution in [0, 0.1) is 0 Å². The van der Waals surface area contributed by atoms with Gasteiger partial charge in [-0.15, -0.1) is 15.3 Å². The Hall–Kier alpha value is -4.23. The average molecular weight is 489 g/mol. The number of nitrogens with zero attached hydrogens (tertiary/aromatic N) is 5. The molecule has 4 aromatic rings. The number of nitrogens with one attached hydrogen (secondary N) is 2. The van der Waals surface area contributed by atoms with Crippen molar-refractivity contribution in [2.45, 2.75) is 31.0 Å². The van der Waals surface area contributed by atoms with E-state index in [0.717, 1.165) is 6.20 Å². The first-order valence-corrected chi connectivity index (χ1v) is 10.5. The molecule has 0 unspecified atom stereocenters. The Morgan fingerprint density at radius 2 is 2.03 bits per heavy atom. The number of fused-ring (bicyclic) bond motifs is 1. The van der Waals surface area contributed by atoms with E-state index in [0.29, 0.717) is 12.8 Å². The van der Waals surface area contributed by atoms with Crippen molar-refractivity contribution in [3.05, 3.63) is 57.1 Å². The second-order valence-corrected chi connectivity index (χ2v) is 8.11. The first-order chi connectivity index (χ1) is 16.7. The molecule has 182 valence electrons. The average Bonchev–Trinajstić information content (AvgIpc) is 3.49. The van der Waals surface area contributed by atoms with Crippen molar-refractivity contribution in [2.24, 2.45) is 7.05 Å². The Labute approximate surface area is 193 Å². The van der Waals surface area contributed by atoms with Gasteiger partial charge in [-0.25, -0.2) is 22.6 Å². The van der Waals surface area contributed by atoms with Gasteiger partial charge in [0.1, 0.15) is 23.7 Å². The molecule has 1 saturated carbocycles. The third kappa shape index (κ3) is 4.58. The van der Waals surface area contributed by atoms with Crippen LogP contribution in [0.4, 0.5) is 13.2 Å². The van der Waals surface area contributed by atoms with Crippen LogP contribution in [-0.4, -0.2) is 53.6 Å². The van der Waals surface area contributed by atoms with Crippen molar-refractivity contribution in [3.63, 3.8) is 0 Å². The summed E-state index contributed by atoms with van der Waals surface area (Å²) >= 11 is 0. The van der Waals surface area contributed by atoms with E-state index in [-0.39, 0.29) is 46.2 Å². The van der Waals surface area contributed by atoms with Gasteiger partial charge in [0.2, 0.25) is 12.0 Å². The van der Waals surface area contributed by atoms with Crippen molar-refractivity contribution in [1.29, 1.82) is 0 Å². The minimum absolute atomic E-state index is 0.00651. The normalized spacial score (nSPS) is 15.3. The Bertz CT molecular complexity index is 1510. The van der Waals surface area contributed by atoms with E-state index >= 15 is 0 Å². The molecule has 0 spiro atoms. The molecule has 0 aromatic carbocycles. The molecular formula is C21H18F3N7O4. The van der Waals surface area contributed by atoms with Gasteiger partial charge < -0.3 is 14.5 Å². The summed E-state index contributed by atoms with van der Waals surface area (Å²) < 4.78 is 54.2. The lowest BCUT2D eigenvalue weighted by molar-refractivity contribution is 0.00594. The minimum atomic E-state index is -3.00. The highest BCUT2D eigenvalue weighted by Gasteiger charge is 2.44. The number of aromatic nitrogens is 7. The number of H-pyrrole nitrogens is 2. The number of hydrogen-bond acceptors (Lipinski definition) is 8. The van der Waals surface area contributed by atoms with Gasteiger partial charge in [-0.2, -0.15) is 0 Å². The number of pyridine rings is 1. The van der Waals surface area contributed by atoms with Crippen molar-refractivity contribution < 1.29 is 22.6 Å². The largest absolute Gasteiger partial charge is 0.490 e. The summed E-state index contributed by atoms with van der Waals surface area (Å²) in [5, 5.41) is 12.3. The number of rotatable bonds is 8. The summed E-state index contributed by atoms with van der Waals surface area (Å²) in [6, 6.07) is 4.09. The Balaban J connectivity index is 1.48. The van der Waals surface area contributed by atoms with Gasteiger partial charge in [-0.3, -0.25) is 14.8 Å². The quantitative estimate of drug-likeness (QED) is 0.383. The maximum Gasteiger partial charge on any atom is 0.325 e. The third-order valence-corrected chi connectivity index (χ3v) is 5.45. The van der Waals surface area contributed by atoms with Crippen LogP contribution in [-0.2, 0) is 7.05 Å². The van der Waals surface area contributed by atoms with Crippen LogP contribution in [0.1, 0.15) is 24.6 Å². The predicted molar refractivity (Wildman–Crippen MR) is 115 cm³/mol. The summed E-state index contributed by atoms with van der Waals surface area (Å²) in [5.41, 5.74) is -2.64. The van der Waals surface area contributed by atoms with Crippen LogP contribution in [0.5, 0.6) is 11.6 Å². The highest BCUT2D eigenvalue weighted by Crippen LogP contribution is 2.40. The van der Waals surface area contributed by atoms with Gasteiger partial charge in [-0.1, -0.05) is 0 Å². The molecule has 5 rings (SSSR count). The van der Waals surface area contributed by atoms with Gasteiger partial charge in [0, 0.05) is 25.5 Å². The van der Waals surface area contributed by atoms with Crippen LogP contribution < -0.4 is 20.7 Å². The van der Waals surface area contributed by atoms with Gasteiger partial charge in [0.25, 0.3) is 12.0 Å². The van der Waals surface area contributed by atoms with Crippen molar-refractivity contribution >= 4 is 11.0 Å². The molecule has 0 amide bonds. The molecule has 4 heterocycles. The van der Waals surface area contributed by atoms with Crippen molar-refractivity contribution in [3.8, 4) is 22.9 Å². The standard InChI is InChI=1S/C21H18F3N7O4/c1-31-17-11(7-13(28-29-17)12-8-26-20(33)27-18(12)32)19(30-31)35-15(16(22)23)14-6-10(2-5-25-14)34-9-21(24)3-4-21/h2,5-8,15-16H,3-4,9H2,1H3,(H2,26,27,32,33)/t15-/m1/s1. The third-order valence-electron chi connectivity index (χ3n) is 5.45. The molecule has 14 heteroatoms. The second-order valence-electron chi connectivity index (χ2n) is 8.11. The van der Waals surface area contributed by atoms with E-state index in [1.165, 1.54) is 36.1 Å². The number of ether oxygens (including phenoxy) is 2. The number of aryl methyl sites for hydroxylation is 1. The van der Waals surface area contributed by atoms with Crippen LogP contribution in [0.3, 0.4) is 0 Å². The first-order valence-electron chi connectivity index (χ1n) is 10.5. The number of halogens is 3. The Kier molecular flexibility index (Phi) is 5.49. The van der Waals surface area contributed by atoms with E-state index in [2.05, 4.69) is 30.2 Å². The second kappa shape index (κ2) is 8.52. The highest BCUT2D eigenvalue weighted by molar-refractivity contribution is 5.84. The molecular weight excluding hydrogens is 471 g/mol. The zero-order valence-electron chi connectivity index (χ0n) is 18.2. The van der Waals surface area contributed by atoms with Crippen molar-refractivity contribution in [1.82, 2.24) is 34.9 Å². The first kappa shape index (κ1) is 22.6. The van der Waals surface area contributed by atoms with Crippen molar-refractivity contribution in [2.75, 3.05) is 6.61 Å². The smallest absolute Gasteiger partial charge is 0.325 e. The lowest BCUT2D eigenvalue weighted by atomic mass is 10.2. The van der Waals surface area contributed by atoms with E-state index in [9.17, 15) is 22.8 Å². The Morgan fingerprint density at radius 1 is 1.23 bits per heavy atom. The zero-order valence-corrected chi connectivity index (χ0v) is 18.2. The van der Waals surface area contributed by atoms with E-state index in [1.807, 2.05) is 0 Å². The molecule has 35 heavy (non-hydrogen) atoms. The molecule has 11 nitrogen and oxygen atoms in total. The fourth-order valence-corrected chi connectivity index (χ4v) is 3.36. The van der Waals surface area contributed by atoms with E-state index in [4.69, 9.17) is 9.47 Å². The zero-order chi connectivity index (χ0) is 24.7. The fourth-order valence-electron chi connectivity index (χ4n) is 3.36. The molecule has 1 aliphatic carbocycles. The van der Waals surface area contributed by atoms with Crippen LogP contribution in [0.15, 0.2) is 40.2 Å². The summed E-state index contributed by atoms with van der Waals surface area (Å²) in [4.78, 5) is 31.8. The predicted octanol–water partition coefficient (Wildman–Crippen LogP) is 2.07. The minimum Gasteiger partial charge on any atom is -0.490 e. The highest BCUT2D eigenvalue weighted by atomic mass is 19.3. The molecule has 0 saturated heterocycles. The molecule has 0 aliphatic heterocycles. The summed E-state index contributed by atoms with van der Waals surface area (Å²) in [5.74, 6) is -0.0110. The number of hydrogen-bond donors (Lipinski definition) is 2. The molecule has 0 radical (unpaired) electrons. The topological polar surface area (TPSA) is 141 Å². The molecule has 0 bridgehead atoms. The maximum atomic E-state index is 14.0. The van der Waals surface area contributed by atoms with Gasteiger partial charge >= 0.3 is 5.69 Å². The van der Waals surface area contributed by atoms with E-state index < -0.39 is 29.4 Å². The lowest BCUT2D eigenvalue weighted by Crippen LogP contribution is -2.22. The van der Waals surface area contributed by atoms with Crippen LogP contribution >= 0.6 is 0 Å². The monoisotopic (exact) mass is 489 g/mol. The lowest BCUT2D eigenvalue weighted by Gasteiger charge is -2.17. The summed E-state index contributed by atoms with van der Waals surface area (Å²) in [7, 11) is 1.52.